The summed E-state index contributed by atoms with van der Waals surface area (Å²) in [5.74, 6) is -0.0254. The van der Waals surface area contributed by atoms with Crippen molar-refractivity contribution in [2.45, 2.75) is 6.92 Å². The summed E-state index contributed by atoms with van der Waals surface area (Å²) in [6.07, 6.45) is 0. The second-order valence-corrected chi connectivity index (χ2v) is 7.18. The van der Waals surface area contributed by atoms with E-state index < -0.39 is 5.91 Å². The number of carbonyl (C=O) groups excluding carboxylic acids is 2. The van der Waals surface area contributed by atoms with E-state index in [-0.39, 0.29) is 23.8 Å². The molecule has 0 aliphatic heterocycles. The Morgan fingerprint density at radius 3 is 2.42 bits per heavy atom. The van der Waals surface area contributed by atoms with Crippen molar-refractivity contribution in [3.63, 3.8) is 0 Å². The fourth-order valence-corrected chi connectivity index (χ4v) is 3.06. The molecule has 0 aliphatic rings. The molecule has 7 nitrogen and oxygen atoms in total. The number of pyridine rings is 1. The van der Waals surface area contributed by atoms with Crippen LogP contribution in [0.5, 0.6) is 11.5 Å². The summed E-state index contributed by atoms with van der Waals surface area (Å²) in [7, 11) is 3.08. The van der Waals surface area contributed by atoms with Crippen molar-refractivity contribution < 1.29 is 28.2 Å². The molecule has 0 aliphatic carbocycles. The fourth-order valence-electron chi connectivity index (χ4n) is 3.06. The molecule has 1 amide bonds. The van der Waals surface area contributed by atoms with Crippen molar-refractivity contribution >= 4 is 11.7 Å². The number of ketones is 1. The molecule has 1 heterocycles. The molecule has 0 atom stereocenters. The van der Waals surface area contributed by atoms with Crippen LogP contribution in [0.4, 0.5) is 4.39 Å². The number of ether oxygens (including phenoxy) is 3. The second-order valence-electron chi connectivity index (χ2n) is 7.18. The lowest BCUT2D eigenvalue weighted by atomic mass is 10.1. The molecule has 3 rings (SSSR count). The van der Waals surface area contributed by atoms with Crippen LogP contribution < -0.4 is 14.8 Å². The zero-order chi connectivity index (χ0) is 23.8. The molecule has 0 saturated carbocycles. The van der Waals surface area contributed by atoms with Gasteiger partial charge in [-0.1, -0.05) is 0 Å². The number of hydrogen-bond acceptors (Lipinski definition) is 6. The minimum Gasteiger partial charge on any atom is -0.494 e. The van der Waals surface area contributed by atoms with Gasteiger partial charge in [0.2, 0.25) is 0 Å². The summed E-state index contributed by atoms with van der Waals surface area (Å²) in [6, 6.07) is 14.3. The van der Waals surface area contributed by atoms with Crippen LogP contribution in [0, 0.1) is 12.7 Å². The molecule has 1 N–H and O–H groups in total. The summed E-state index contributed by atoms with van der Waals surface area (Å²) < 4.78 is 29.4. The third kappa shape index (κ3) is 6.14. The van der Waals surface area contributed by atoms with Gasteiger partial charge in [0.15, 0.2) is 5.78 Å². The summed E-state index contributed by atoms with van der Waals surface area (Å²) in [5, 5.41) is 2.60. The Hall–Kier alpha value is -3.78. The molecule has 1 aromatic heterocycles. The maximum Gasteiger partial charge on any atom is 0.251 e. The summed E-state index contributed by atoms with van der Waals surface area (Å²) in [5.41, 5.74) is 2.05. The summed E-state index contributed by atoms with van der Waals surface area (Å²) >= 11 is 0. The number of amides is 1. The van der Waals surface area contributed by atoms with E-state index in [9.17, 15) is 14.0 Å². The summed E-state index contributed by atoms with van der Waals surface area (Å²) in [6.45, 7) is 2.29. The van der Waals surface area contributed by atoms with Gasteiger partial charge in [0.25, 0.3) is 5.91 Å². The Morgan fingerprint density at radius 2 is 1.76 bits per heavy atom. The van der Waals surface area contributed by atoms with Gasteiger partial charge >= 0.3 is 0 Å². The number of nitrogens with one attached hydrogen (secondary N) is 1. The average molecular weight is 452 g/mol. The molecular weight excluding hydrogens is 427 g/mol. The van der Waals surface area contributed by atoms with Gasteiger partial charge in [-0.2, -0.15) is 0 Å². The maximum absolute atomic E-state index is 13.7. The normalized spacial score (nSPS) is 10.5. The molecule has 2 aromatic carbocycles. The molecule has 0 radical (unpaired) electrons. The van der Waals surface area contributed by atoms with Gasteiger partial charge in [-0.05, 0) is 67.1 Å². The molecule has 33 heavy (non-hydrogen) atoms. The van der Waals surface area contributed by atoms with E-state index in [1.807, 2.05) is 0 Å². The number of aromatic nitrogens is 1. The number of Topliss-reactive ketones (excluding diaryl/α,β-unsaturated/α-hetero) is 1. The molecule has 0 fully saturated rings. The first-order chi connectivity index (χ1) is 15.9. The predicted molar refractivity (Wildman–Crippen MR) is 121 cm³/mol. The lowest BCUT2D eigenvalue weighted by molar-refractivity contribution is 0.0902. The van der Waals surface area contributed by atoms with E-state index in [0.717, 1.165) is 0 Å². The number of aryl methyl sites for hydroxylation is 1. The topological polar surface area (TPSA) is 86.8 Å². The van der Waals surface area contributed by atoms with Crippen LogP contribution in [-0.2, 0) is 4.74 Å². The van der Waals surface area contributed by atoms with Crippen molar-refractivity contribution in [1.82, 2.24) is 10.3 Å². The highest BCUT2D eigenvalue weighted by Crippen LogP contribution is 2.29. The molecule has 0 unspecified atom stereocenters. The Balaban J connectivity index is 1.67. The predicted octanol–water partition coefficient (Wildman–Crippen LogP) is 3.84. The van der Waals surface area contributed by atoms with Gasteiger partial charge in [-0.25, -0.2) is 9.37 Å². The van der Waals surface area contributed by atoms with Crippen LogP contribution in [0.2, 0.25) is 0 Å². The van der Waals surface area contributed by atoms with E-state index in [2.05, 4.69) is 10.3 Å². The number of benzene rings is 2. The number of carbonyl (C=O) groups is 2. The van der Waals surface area contributed by atoms with Crippen molar-refractivity contribution in [2.24, 2.45) is 0 Å². The first-order valence-corrected chi connectivity index (χ1v) is 10.3. The Bertz CT molecular complexity index is 1130. The van der Waals surface area contributed by atoms with Crippen molar-refractivity contribution in [3.05, 3.63) is 77.2 Å². The highest BCUT2D eigenvalue weighted by molar-refractivity contribution is 6.01. The van der Waals surface area contributed by atoms with Crippen molar-refractivity contribution in [2.75, 3.05) is 34.0 Å². The van der Waals surface area contributed by atoms with Gasteiger partial charge in [-0.3, -0.25) is 9.59 Å². The van der Waals surface area contributed by atoms with Crippen molar-refractivity contribution in [3.8, 4) is 22.8 Å². The van der Waals surface area contributed by atoms with E-state index in [1.165, 1.54) is 19.2 Å². The highest BCUT2D eigenvalue weighted by Gasteiger charge is 2.16. The van der Waals surface area contributed by atoms with Crippen LogP contribution in [0.1, 0.15) is 26.4 Å². The molecule has 8 heteroatoms. The van der Waals surface area contributed by atoms with Gasteiger partial charge in [0, 0.05) is 18.2 Å². The van der Waals surface area contributed by atoms with Crippen LogP contribution >= 0.6 is 0 Å². The molecule has 0 saturated heterocycles. The smallest absolute Gasteiger partial charge is 0.251 e. The third-order valence-corrected chi connectivity index (χ3v) is 4.88. The van der Waals surface area contributed by atoms with E-state index >= 15 is 0 Å². The minimum atomic E-state index is -0.394. The molecular formula is C25H25FN2O5. The van der Waals surface area contributed by atoms with Crippen LogP contribution in [0.25, 0.3) is 11.3 Å². The lowest BCUT2D eigenvalue weighted by Gasteiger charge is -2.11. The Kier molecular flexibility index (Phi) is 8.10. The summed E-state index contributed by atoms with van der Waals surface area (Å²) in [4.78, 5) is 29.5. The zero-order valence-electron chi connectivity index (χ0n) is 18.7. The first kappa shape index (κ1) is 23.9. The van der Waals surface area contributed by atoms with Gasteiger partial charge in [0.05, 0.1) is 20.3 Å². The van der Waals surface area contributed by atoms with Gasteiger partial charge < -0.3 is 19.5 Å². The fraction of sp³-hybridized carbons (Fsp3) is 0.240. The molecule has 172 valence electrons. The van der Waals surface area contributed by atoms with Crippen LogP contribution in [0.15, 0.2) is 54.6 Å². The first-order valence-electron chi connectivity index (χ1n) is 10.3. The lowest BCUT2D eigenvalue weighted by Crippen LogP contribution is -2.30. The monoisotopic (exact) mass is 452 g/mol. The number of methoxy groups -OCH3 is 2. The maximum atomic E-state index is 13.7. The number of hydrogen-bond donors (Lipinski definition) is 1. The highest BCUT2D eigenvalue weighted by atomic mass is 19.1. The van der Waals surface area contributed by atoms with Gasteiger partial charge in [-0.15, -0.1) is 0 Å². The number of nitrogens with zero attached hydrogens (tertiary/aromatic N) is 1. The number of rotatable bonds is 10. The SMILES string of the molecule is COCCOc1ccc(C(=O)NCC(=O)c2ccc(OC)c(-c3ccc(F)c(C)c3)n2)cc1. The largest absolute Gasteiger partial charge is 0.494 e. The van der Waals surface area contributed by atoms with Crippen molar-refractivity contribution in [1.29, 1.82) is 0 Å². The Labute approximate surface area is 191 Å². The van der Waals surface area contributed by atoms with Crippen LogP contribution in [-0.4, -0.2) is 50.7 Å². The van der Waals surface area contributed by atoms with Gasteiger partial charge in [0.1, 0.15) is 35.3 Å². The van der Waals surface area contributed by atoms with E-state index in [0.29, 0.717) is 47.1 Å². The average Bonchev–Trinajstić information content (AvgIpc) is 2.84. The van der Waals surface area contributed by atoms with E-state index in [1.54, 1.807) is 56.5 Å². The van der Waals surface area contributed by atoms with Crippen LogP contribution in [0.3, 0.4) is 0 Å². The number of halogens is 1. The molecule has 0 bridgehead atoms. The van der Waals surface area contributed by atoms with E-state index in [4.69, 9.17) is 14.2 Å². The quantitative estimate of drug-likeness (QED) is 0.372. The standard InChI is InChI=1S/C25H25FN2O5/c1-16-14-18(6-9-20(16)26)24-23(32-3)11-10-21(28-24)22(29)15-27-25(30)17-4-7-19(8-5-17)33-13-12-31-2/h4-11,14H,12-13,15H2,1-3H3,(H,27,30). The molecule has 3 aromatic rings. The second kappa shape index (κ2) is 11.2. The molecule has 0 spiro atoms. The third-order valence-electron chi connectivity index (χ3n) is 4.88. The zero-order valence-corrected chi connectivity index (χ0v) is 18.7. The Morgan fingerprint density at radius 1 is 1.00 bits per heavy atom. The minimum absolute atomic E-state index is 0.162.